The quantitative estimate of drug-likeness (QED) is 0.936. The molecule has 1 saturated heterocycles. The van der Waals surface area contributed by atoms with Gasteiger partial charge in [-0.15, -0.1) is 21.5 Å². The first-order valence-corrected chi connectivity index (χ1v) is 8.44. The number of nitrogens with zero attached hydrogens (tertiary/aromatic N) is 3. The van der Waals surface area contributed by atoms with Gasteiger partial charge in [0.05, 0.1) is 5.00 Å². The van der Waals surface area contributed by atoms with Crippen molar-refractivity contribution in [2.75, 3.05) is 18.4 Å². The molecule has 7 heteroatoms. The molecule has 0 bridgehead atoms. The van der Waals surface area contributed by atoms with Gasteiger partial charge in [-0.05, 0) is 30.4 Å². The highest BCUT2D eigenvalue weighted by Crippen LogP contribution is 2.28. The Morgan fingerprint density at radius 3 is 2.77 bits per heavy atom. The maximum absolute atomic E-state index is 12.2. The summed E-state index contributed by atoms with van der Waals surface area (Å²) in [6.07, 6.45) is 1.72. The topological polar surface area (TPSA) is 71.3 Å². The Hall–Kier alpha value is -1.89. The molecule has 1 aliphatic rings. The number of rotatable bonds is 3. The van der Waals surface area contributed by atoms with Gasteiger partial charge in [0, 0.05) is 24.9 Å². The number of likely N-dealkylation sites (tertiary alicyclic amines) is 1. The third kappa shape index (κ3) is 3.30. The Labute approximate surface area is 133 Å². The second-order valence-corrected chi connectivity index (χ2v) is 6.75. The van der Waals surface area contributed by atoms with Crippen molar-refractivity contribution in [1.82, 2.24) is 15.1 Å². The first-order valence-electron chi connectivity index (χ1n) is 7.56. The summed E-state index contributed by atoms with van der Waals surface area (Å²) in [6.45, 7) is 5.49. The number of carbonyl (C=O) groups excluding carboxylic acids is 1. The van der Waals surface area contributed by atoms with Crippen molar-refractivity contribution in [2.24, 2.45) is 0 Å². The number of thiophene rings is 1. The SMILES string of the molecule is CC(C)c1nnc(C2CCN(C(=O)Nc3cccs3)CC2)o1. The number of aromatic nitrogens is 2. The minimum absolute atomic E-state index is 0.0331. The van der Waals surface area contributed by atoms with Gasteiger partial charge in [-0.2, -0.15) is 0 Å². The van der Waals surface area contributed by atoms with Gasteiger partial charge >= 0.3 is 6.03 Å². The monoisotopic (exact) mass is 320 g/mol. The lowest BCUT2D eigenvalue weighted by Crippen LogP contribution is -2.40. The molecule has 0 atom stereocenters. The predicted molar refractivity (Wildman–Crippen MR) is 85.3 cm³/mol. The van der Waals surface area contributed by atoms with Crippen LogP contribution in [0.1, 0.15) is 50.3 Å². The molecule has 2 aromatic heterocycles. The van der Waals surface area contributed by atoms with E-state index in [1.165, 1.54) is 11.3 Å². The number of piperidine rings is 1. The first kappa shape index (κ1) is 15.0. The maximum atomic E-state index is 12.2. The Bertz CT molecular complexity index is 615. The molecule has 0 aromatic carbocycles. The van der Waals surface area contributed by atoms with E-state index < -0.39 is 0 Å². The van der Waals surface area contributed by atoms with Crippen LogP contribution < -0.4 is 5.32 Å². The summed E-state index contributed by atoms with van der Waals surface area (Å²) in [5.74, 6) is 1.90. The average molecular weight is 320 g/mol. The van der Waals surface area contributed by atoms with Crippen LogP contribution in [-0.2, 0) is 0 Å². The number of hydrogen-bond acceptors (Lipinski definition) is 5. The standard InChI is InChI=1S/C15H20N4O2S/c1-10(2)13-17-18-14(21-13)11-5-7-19(8-6-11)15(20)16-12-4-3-9-22-12/h3-4,9-11H,5-8H2,1-2H3,(H,16,20). The molecular weight excluding hydrogens is 300 g/mol. The molecule has 0 spiro atoms. The van der Waals surface area contributed by atoms with Gasteiger partial charge in [-0.3, -0.25) is 5.32 Å². The van der Waals surface area contributed by atoms with E-state index in [-0.39, 0.29) is 17.9 Å². The van der Waals surface area contributed by atoms with Gasteiger partial charge < -0.3 is 9.32 Å². The van der Waals surface area contributed by atoms with Crippen molar-refractivity contribution in [3.63, 3.8) is 0 Å². The molecule has 1 N–H and O–H groups in total. The number of nitrogens with one attached hydrogen (secondary N) is 1. The summed E-state index contributed by atoms with van der Waals surface area (Å²) < 4.78 is 5.73. The van der Waals surface area contributed by atoms with Crippen LogP contribution in [-0.4, -0.2) is 34.2 Å². The summed E-state index contributed by atoms with van der Waals surface area (Å²) >= 11 is 1.53. The van der Waals surface area contributed by atoms with Gasteiger partial charge in [-0.25, -0.2) is 4.79 Å². The van der Waals surface area contributed by atoms with E-state index >= 15 is 0 Å². The van der Waals surface area contributed by atoms with Crippen molar-refractivity contribution in [3.8, 4) is 0 Å². The van der Waals surface area contributed by atoms with E-state index in [1.54, 1.807) is 0 Å². The number of anilines is 1. The zero-order valence-electron chi connectivity index (χ0n) is 12.8. The Kier molecular flexibility index (Phi) is 4.42. The van der Waals surface area contributed by atoms with Crippen LogP contribution in [0.2, 0.25) is 0 Å². The minimum atomic E-state index is -0.0331. The van der Waals surface area contributed by atoms with Crippen LogP contribution in [0.3, 0.4) is 0 Å². The van der Waals surface area contributed by atoms with Gasteiger partial charge in [0.25, 0.3) is 0 Å². The molecule has 0 aliphatic carbocycles. The zero-order chi connectivity index (χ0) is 15.5. The molecule has 6 nitrogen and oxygen atoms in total. The average Bonchev–Trinajstić information content (AvgIpc) is 3.18. The van der Waals surface area contributed by atoms with E-state index in [2.05, 4.69) is 15.5 Å². The Morgan fingerprint density at radius 2 is 2.18 bits per heavy atom. The first-order chi connectivity index (χ1) is 10.6. The van der Waals surface area contributed by atoms with E-state index in [9.17, 15) is 4.79 Å². The lowest BCUT2D eigenvalue weighted by atomic mass is 9.97. The fourth-order valence-electron chi connectivity index (χ4n) is 2.51. The van der Waals surface area contributed by atoms with E-state index in [0.717, 1.165) is 17.8 Å². The number of amides is 2. The largest absolute Gasteiger partial charge is 0.425 e. The summed E-state index contributed by atoms with van der Waals surface area (Å²) in [5.41, 5.74) is 0. The zero-order valence-corrected chi connectivity index (χ0v) is 13.6. The molecule has 22 heavy (non-hydrogen) atoms. The smallest absolute Gasteiger partial charge is 0.322 e. The number of hydrogen-bond donors (Lipinski definition) is 1. The van der Waals surface area contributed by atoms with Crippen molar-refractivity contribution < 1.29 is 9.21 Å². The van der Waals surface area contributed by atoms with E-state index in [4.69, 9.17) is 4.42 Å². The fraction of sp³-hybridized carbons (Fsp3) is 0.533. The molecular formula is C15H20N4O2S. The van der Waals surface area contributed by atoms with Crippen LogP contribution >= 0.6 is 11.3 Å². The second-order valence-electron chi connectivity index (χ2n) is 5.80. The van der Waals surface area contributed by atoms with Crippen LogP contribution in [0.5, 0.6) is 0 Å². The highest BCUT2D eigenvalue weighted by Gasteiger charge is 2.27. The predicted octanol–water partition coefficient (Wildman–Crippen LogP) is 3.67. The van der Waals surface area contributed by atoms with Crippen LogP contribution in [0.15, 0.2) is 21.9 Å². The summed E-state index contributed by atoms with van der Waals surface area (Å²) in [4.78, 5) is 14.0. The molecule has 1 fully saturated rings. The molecule has 2 amide bonds. The van der Waals surface area contributed by atoms with Gasteiger partial charge in [0.1, 0.15) is 0 Å². The number of carbonyl (C=O) groups is 1. The molecule has 2 aromatic rings. The highest BCUT2D eigenvalue weighted by molar-refractivity contribution is 7.14. The third-order valence-electron chi connectivity index (χ3n) is 3.83. The number of urea groups is 1. The minimum Gasteiger partial charge on any atom is -0.425 e. The van der Waals surface area contributed by atoms with Gasteiger partial charge in [-0.1, -0.05) is 13.8 Å². The van der Waals surface area contributed by atoms with Gasteiger partial charge in [0.2, 0.25) is 11.8 Å². The molecule has 0 saturated carbocycles. The van der Waals surface area contributed by atoms with Crippen molar-refractivity contribution in [3.05, 3.63) is 29.3 Å². The van der Waals surface area contributed by atoms with Crippen molar-refractivity contribution >= 4 is 22.4 Å². The fourth-order valence-corrected chi connectivity index (χ4v) is 3.12. The lowest BCUT2D eigenvalue weighted by molar-refractivity contribution is 0.189. The molecule has 3 heterocycles. The summed E-state index contributed by atoms with van der Waals surface area (Å²) in [6, 6.07) is 3.80. The van der Waals surface area contributed by atoms with Crippen LogP contribution in [0.4, 0.5) is 9.80 Å². The molecule has 0 radical (unpaired) electrons. The molecule has 1 aliphatic heterocycles. The molecule has 3 rings (SSSR count). The van der Waals surface area contributed by atoms with E-state index in [0.29, 0.717) is 24.9 Å². The Morgan fingerprint density at radius 1 is 1.41 bits per heavy atom. The van der Waals surface area contributed by atoms with E-state index in [1.807, 2.05) is 36.3 Å². The summed E-state index contributed by atoms with van der Waals surface area (Å²) in [5, 5.41) is 14.0. The molecule has 0 unspecified atom stereocenters. The highest BCUT2D eigenvalue weighted by atomic mass is 32.1. The van der Waals surface area contributed by atoms with Crippen molar-refractivity contribution in [1.29, 1.82) is 0 Å². The van der Waals surface area contributed by atoms with Gasteiger partial charge in [0.15, 0.2) is 0 Å². The molecule has 118 valence electrons. The van der Waals surface area contributed by atoms with Crippen LogP contribution in [0, 0.1) is 0 Å². The summed E-state index contributed by atoms with van der Waals surface area (Å²) in [7, 11) is 0. The van der Waals surface area contributed by atoms with Crippen LogP contribution in [0.25, 0.3) is 0 Å². The van der Waals surface area contributed by atoms with Crippen molar-refractivity contribution in [2.45, 2.75) is 38.5 Å². The second kappa shape index (κ2) is 6.48. The lowest BCUT2D eigenvalue weighted by Gasteiger charge is -2.30. The Balaban J connectivity index is 1.54. The third-order valence-corrected chi connectivity index (χ3v) is 4.62. The normalized spacial score (nSPS) is 16.2. The maximum Gasteiger partial charge on any atom is 0.322 e.